The molecule has 0 aliphatic carbocycles. The number of carbonyl (C=O) groups is 3. The zero-order valence-electron chi connectivity index (χ0n) is 18.4. The monoisotopic (exact) mass is 442 g/mol. The van der Waals surface area contributed by atoms with Crippen molar-refractivity contribution in [2.24, 2.45) is 0 Å². The maximum Gasteiger partial charge on any atom is 0.323 e. The summed E-state index contributed by atoms with van der Waals surface area (Å²) in [6.07, 6.45) is 1.08. The van der Waals surface area contributed by atoms with E-state index in [1.807, 2.05) is 61.5 Å². The van der Waals surface area contributed by atoms with E-state index in [2.05, 4.69) is 16.0 Å². The fourth-order valence-corrected chi connectivity index (χ4v) is 3.87. The molecule has 0 fully saturated rings. The van der Waals surface area contributed by atoms with Gasteiger partial charge in [0.05, 0.1) is 11.4 Å². The van der Waals surface area contributed by atoms with Crippen LogP contribution < -0.4 is 20.9 Å². The van der Waals surface area contributed by atoms with Gasteiger partial charge in [0.1, 0.15) is 12.6 Å². The summed E-state index contributed by atoms with van der Waals surface area (Å²) >= 11 is 0. The topological polar surface area (TPSA) is 90.5 Å². The van der Waals surface area contributed by atoms with E-state index in [0.717, 1.165) is 23.2 Å². The van der Waals surface area contributed by atoms with Crippen LogP contribution in [-0.2, 0) is 22.4 Å². The van der Waals surface area contributed by atoms with Crippen molar-refractivity contribution in [1.29, 1.82) is 0 Å². The Labute approximate surface area is 192 Å². The highest BCUT2D eigenvalue weighted by Gasteiger charge is 2.30. The van der Waals surface area contributed by atoms with E-state index in [9.17, 15) is 14.4 Å². The number of nitrogens with zero attached hydrogens (tertiary/aromatic N) is 1. The summed E-state index contributed by atoms with van der Waals surface area (Å²) in [7, 11) is 0. The summed E-state index contributed by atoms with van der Waals surface area (Å²) in [5.74, 6) is -0.604. The molecule has 0 unspecified atom stereocenters. The predicted octanol–water partition coefficient (Wildman–Crippen LogP) is 3.97. The Hall–Kier alpha value is -4.13. The van der Waals surface area contributed by atoms with Crippen LogP contribution in [-0.4, -0.2) is 30.4 Å². The van der Waals surface area contributed by atoms with Crippen LogP contribution in [0.15, 0.2) is 78.9 Å². The average molecular weight is 443 g/mol. The minimum Gasteiger partial charge on any atom is -0.326 e. The number of urea groups is 1. The fourth-order valence-electron chi connectivity index (χ4n) is 3.87. The molecule has 0 spiro atoms. The number of para-hydroxylation sites is 3. The van der Waals surface area contributed by atoms with Crippen molar-refractivity contribution in [1.82, 2.24) is 5.32 Å². The van der Waals surface area contributed by atoms with E-state index in [1.165, 1.54) is 4.90 Å². The van der Waals surface area contributed by atoms with Gasteiger partial charge in [0.15, 0.2) is 0 Å². The number of benzene rings is 3. The number of aryl methyl sites for hydroxylation is 1. The van der Waals surface area contributed by atoms with Crippen LogP contribution in [0.25, 0.3) is 0 Å². The smallest absolute Gasteiger partial charge is 0.323 e. The van der Waals surface area contributed by atoms with E-state index in [1.54, 1.807) is 24.3 Å². The second kappa shape index (κ2) is 9.99. The highest BCUT2D eigenvalue weighted by atomic mass is 16.2. The van der Waals surface area contributed by atoms with Crippen LogP contribution in [0.3, 0.4) is 0 Å². The second-order valence-electron chi connectivity index (χ2n) is 7.84. The van der Waals surface area contributed by atoms with E-state index in [0.29, 0.717) is 17.8 Å². The van der Waals surface area contributed by atoms with Crippen molar-refractivity contribution in [3.05, 3.63) is 90.0 Å². The van der Waals surface area contributed by atoms with Crippen molar-refractivity contribution in [3.63, 3.8) is 0 Å². The van der Waals surface area contributed by atoms with Gasteiger partial charge in [-0.3, -0.25) is 14.5 Å². The van der Waals surface area contributed by atoms with Gasteiger partial charge in [0, 0.05) is 12.1 Å². The van der Waals surface area contributed by atoms with Crippen LogP contribution >= 0.6 is 0 Å². The Morgan fingerprint density at radius 2 is 1.67 bits per heavy atom. The molecule has 0 radical (unpaired) electrons. The minimum atomic E-state index is -0.832. The number of fused-ring (bicyclic) bond motifs is 1. The maximum atomic E-state index is 13.3. The molecule has 0 saturated heterocycles. The first kappa shape index (κ1) is 22.1. The second-order valence-corrected chi connectivity index (χ2v) is 7.84. The van der Waals surface area contributed by atoms with Gasteiger partial charge in [-0.25, -0.2) is 4.79 Å². The minimum absolute atomic E-state index is 0.124. The van der Waals surface area contributed by atoms with Crippen molar-refractivity contribution < 1.29 is 14.4 Å². The molecule has 0 bridgehead atoms. The largest absolute Gasteiger partial charge is 0.326 e. The number of anilines is 3. The standard InChI is InChI=1S/C26H26N4O3/c1-2-19-12-6-7-13-20(19)28-25(32)22(16-18-10-4-3-5-11-18)29-26(33)30-17-24(31)27-21-14-8-9-15-23(21)30/h3-15,22H,2,16-17H2,1H3,(H,27,31)(H,28,32)(H,29,33)/t22-/m1/s1. The summed E-state index contributed by atoms with van der Waals surface area (Å²) in [6, 6.07) is 22.9. The number of nitrogens with one attached hydrogen (secondary N) is 3. The van der Waals surface area contributed by atoms with Crippen LogP contribution in [0.2, 0.25) is 0 Å². The van der Waals surface area contributed by atoms with E-state index >= 15 is 0 Å². The summed E-state index contributed by atoms with van der Waals surface area (Å²) < 4.78 is 0. The lowest BCUT2D eigenvalue weighted by molar-refractivity contribution is -0.118. The Morgan fingerprint density at radius 1 is 0.970 bits per heavy atom. The molecule has 0 aromatic heterocycles. The first-order valence-corrected chi connectivity index (χ1v) is 10.9. The van der Waals surface area contributed by atoms with Crippen LogP contribution in [0.4, 0.5) is 21.9 Å². The lowest BCUT2D eigenvalue weighted by Crippen LogP contribution is -2.53. The van der Waals surface area contributed by atoms with Gasteiger partial charge < -0.3 is 16.0 Å². The Balaban J connectivity index is 1.58. The van der Waals surface area contributed by atoms with Gasteiger partial charge in [-0.15, -0.1) is 0 Å². The zero-order valence-corrected chi connectivity index (χ0v) is 18.4. The average Bonchev–Trinajstić information content (AvgIpc) is 2.84. The van der Waals surface area contributed by atoms with Gasteiger partial charge in [-0.2, -0.15) is 0 Å². The Morgan fingerprint density at radius 3 is 2.45 bits per heavy atom. The molecule has 1 heterocycles. The quantitative estimate of drug-likeness (QED) is 0.540. The summed E-state index contributed by atoms with van der Waals surface area (Å²) in [4.78, 5) is 40.0. The molecule has 1 aliphatic heterocycles. The van der Waals surface area contributed by atoms with Crippen molar-refractivity contribution in [2.45, 2.75) is 25.8 Å². The van der Waals surface area contributed by atoms with E-state index < -0.39 is 12.1 Å². The fraction of sp³-hybridized carbons (Fsp3) is 0.192. The van der Waals surface area contributed by atoms with Crippen molar-refractivity contribution in [3.8, 4) is 0 Å². The van der Waals surface area contributed by atoms with Gasteiger partial charge in [0.25, 0.3) is 0 Å². The van der Waals surface area contributed by atoms with Gasteiger partial charge in [-0.05, 0) is 35.7 Å². The molecule has 168 valence electrons. The molecule has 1 atom stereocenters. The molecule has 4 amide bonds. The SMILES string of the molecule is CCc1ccccc1NC(=O)[C@@H](Cc1ccccc1)NC(=O)N1CC(=O)Nc2ccccc21. The van der Waals surface area contributed by atoms with Gasteiger partial charge >= 0.3 is 6.03 Å². The highest BCUT2D eigenvalue weighted by molar-refractivity contribution is 6.10. The Kier molecular flexibility index (Phi) is 6.69. The molecule has 3 aromatic rings. The summed E-state index contributed by atoms with van der Waals surface area (Å²) in [5, 5.41) is 8.58. The third-order valence-corrected chi connectivity index (χ3v) is 5.57. The van der Waals surface area contributed by atoms with E-state index in [4.69, 9.17) is 0 Å². The van der Waals surface area contributed by atoms with Crippen molar-refractivity contribution >= 4 is 34.9 Å². The lowest BCUT2D eigenvalue weighted by atomic mass is 10.0. The van der Waals surface area contributed by atoms with E-state index in [-0.39, 0.29) is 18.4 Å². The molecule has 4 rings (SSSR count). The molecule has 33 heavy (non-hydrogen) atoms. The number of carbonyl (C=O) groups excluding carboxylic acids is 3. The number of hydrogen-bond acceptors (Lipinski definition) is 3. The van der Waals surface area contributed by atoms with Crippen LogP contribution in [0.1, 0.15) is 18.1 Å². The Bertz CT molecular complexity index is 1160. The third-order valence-electron chi connectivity index (χ3n) is 5.57. The van der Waals surface area contributed by atoms with Crippen LogP contribution in [0.5, 0.6) is 0 Å². The van der Waals surface area contributed by atoms with Crippen molar-refractivity contribution in [2.75, 3.05) is 22.1 Å². The molecular formula is C26H26N4O3. The summed E-state index contributed by atoms with van der Waals surface area (Å²) in [5.41, 5.74) is 3.80. The molecule has 7 heteroatoms. The summed E-state index contributed by atoms with van der Waals surface area (Å²) in [6.45, 7) is 1.90. The molecule has 7 nitrogen and oxygen atoms in total. The number of amides is 4. The molecule has 1 aliphatic rings. The normalized spacial score (nSPS) is 13.5. The molecule has 3 N–H and O–H groups in total. The third kappa shape index (κ3) is 5.20. The predicted molar refractivity (Wildman–Crippen MR) is 129 cm³/mol. The van der Waals surface area contributed by atoms with Crippen LogP contribution in [0, 0.1) is 0 Å². The maximum absolute atomic E-state index is 13.3. The first-order chi connectivity index (χ1) is 16.0. The molecule has 3 aromatic carbocycles. The molecule has 0 saturated carbocycles. The first-order valence-electron chi connectivity index (χ1n) is 10.9. The number of rotatable bonds is 6. The van der Waals surface area contributed by atoms with Gasteiger partial charge in [-0.1, -0.05) is 67.6 Å². The number of hydrogen-bond donors (Lipinski definition) is 3. The van der Waals surface area contributed by atoms with Gasteiger partial charge in [0.2, 0.25) is 11.8 Å². The molecular weight excluding hydrogens is 416 g/mol. The highest BCUT2D eigenvalue weighted by Crippen LogP contribution is 2.29. The zero-order chi connectivity index (χ0) is 23.2. The lowest BCUT2D eigenvalue weighted by Gasteiger charge is -2.30.